The molecule has 0 spiro atoms. The van der Waals surface area contributed by atoms with Gasteiger partial charge >= 0.3 is 0 Å². The van der Waals surface area contributed by atoms with Gasteiger partial charge in [-0.25, -0.2) is 0 Å². The molecule has 166 valence electrons. The predicted molar refractivity (Wildman–Crippen MR) is 127 cm³/mol. The van der Waals surface area contributed by atoms with E-state index in [0.29, 0.717) is 24.3 Å². The number of nitrogens with two attached hydrogens (primary N) is 1. The molecular weight excluding hydrogens is 408 g/mol. The maximum atomic E-state index is 12.2. The first-order chi connectivity index (χ1) is 14.8. The third-order valence-corrected chi connectivity index (χ3v) is 6.18. The van der Waals surface area contributed by atoms with E-state index < -0.39 is 11.9 Å². The molecule has 2 heterocycles. The normalized spacial score (nSPS) is 19.8. The summed E-state index contributed by atoms with van der Waals surface area (Å²) in [4.78, 5) is 16.4. The highest BCUT2D eigenvalue weighted by atomic mass is 32.1. The Bertz CT molecular complexity index is 909. The van der Waals surface area contributed by atoms with Crippen molar-refractivity contribution < 1.29 is 4.79 Å². The van der Waals surface area contributed by atoms with Gasteiger partial charge in [-0.1, -0.05) is 26.0 Å². The minimum Gasteiger partial charge on any atom is -0.368 e. The molecule has 0 bridgehead atoms. The van der Waals surface area contributed by atoms with E-state index in [9.17, 15) is 10.1 Å². The van der Waals surface area contributed by atoms with Gasteiger partial charge in [0.15, 0.2) is 5.82 Å². The summed E-state index contributed by atoms with van der Waals surface area (Å²) in [5.41, 5.74) is 8.84. The summed E-state index contributed by atoms with van der Waals surface area (Å²) in [5, 5.41) is 14.9. The van der Waals surface area contributed by atoms with Gasteiger partial charge < -0.3 is 20.9 Å². The van der Waals surface area contributed by atoms with Crippen LogP contribution in [0.2, 0.25) is 0 Å². The third-order valence-electron chi connectivity index (χ3n) is 5.56. The molecule has 31 heavy (non-hydrogen) atoms. The van der Waals surface area contributed by atoms with Crippen molar-refractivity contribution in [1.29, 1.82) is 5.26 Å². The Morgan fingerprint density at radius 3 is 2.52 bits per heavy atom. The smallest absolute Gasteiger partial charge is 0.240 e. The van der Waals surface area contributed by atoms with Gasteiger partial charge in [0, 0.05) is 41.8 Å². The van der Waals surface area contributed by atoms with E-state index in [-0.39, 0.29) is 12.5 Å². The van der Waals surface area contributed by atoms with Gasteiger partial charge in [0.05, 0.1) is 6.07 Å². The Labute approximate surface area is 189 Å². The zero-order valence-electron chi connectivity index (χ0n) is 18.7. The van der Waals surface area contributed by atoms with Crippen LogP contribution in [0.1, 0.15) is 34.1 Å². The number of primary amides is 1. The number of benzene rings is 1. The second kappa shape index (κ2) is 10.1. The van der Waals surface area contributed by atoms with Crippen LogP contribution in [-0.4, -0.2) is 48.0 Å². The monoisotopic (exact) mass is 440 g/mol. The van der Waals surface area contributed by atoms with Crippen molar-refractivity contribution in [3.8, 4) is 17.2 Å². The molecule has 7 nitrogen and oxygen atoms in total. The van der Waals surface area contributed by atoms with Crippen LogP contribution in [0.3, 0.4) is 0 Å². The molecule has 0 saturated carbocycles. The van der Waals surface area contributed by atoms with Gasteiger partial charge in [0.1, 0.15) is 12.6 Å². The molecule has 2 aromatic rings. The molecule has 3 atom stereocenters. The molecule has 1 aliphatic rings. The summed E-state index contributed by atoms with van der Waals surface area (Å²) in [6.45, 7) is 10.5. The van der Waals surface area contributed by atoms with Gasteiger partial charge in [-0.15, -0.1) is 0 Å². The lowest BCUT2D eigenvalue weighted by Gasteiger charge is -2.37. The maximum Gasteiger partial charge on any atom is 0.240 e. The SMILES string of the molecule is CC(C)C[C@@H](C(N)=O)N(CC#N)c1nscc1-c1ccc(N2CC(C)NC(C)C2)cc1. The van der Waals surface area contributed by atoms with Gasteiger partial charge in [-0.2, -0.15) is 9.64 Å². The lowest BCUT2D eigenvalue weighted by molar-refractivity contribution is -0.119. The Kier molecular flexibility index (Phi) is 7.52. The molecular formula is C23H32N6OS. The van der Waals surface area contributed by atoms with Crippen LogP contribution in [0.4, 0.5) is 11.5 Å². The molecule has 1 amide bonds. The van der Waals surface area contributed by atoms with E-state index >= 15 is 0 Å². The van der Waals surface area contributed by atoms with Crippen LogP contribution in [0, 0.1) is 17.2 Å². The van der Waals surface area contributed by atoms with E-state index in [2.05, 4.69) is 58.8 Å². The van der Waals surface area contributed by atoms with Crippen LogP contribution in [0.15, 0.2) is 29.6 Å². The van der Waals surface area contributed by atoms with Crippen molar-refractivity contribution in [3.05, 3.63) is 29.6 Å². The van der Waals surface area contributed by atoms with Crippen LogP contribution >= 0.6 is 11.5 Å². The lowest BCUT2D eigenvalue weighted by atomic mass is 10.0. The Morgan fingerprint density at radius 2 is 1.97 bits per heavy atom. The molecule has 1 saturated heterocycles. The maximum absolute atomic E-state index is 12.2. The molecule has 8 heteroatoms. The topological polar surface area (TPSA) is 98.3 Å². The number of hydrogen-bond donors (Lipinski definition) is 2. The van der Waals surface area contributed by atoms with Crippen molar-refractivity contribution in [1.82, 2.24) is 9.69 Å². The minimum atomic E-state index is -0.566. The number of amides is 1. The molecule has 0 aliphatic carbocycles. The standard InChI is InChI=1S/C23H32N6OS/c1-15(2)11-21(22(25)30)29(10-9-24)23-20(14-31-27-23)18-5-7-19(8-6-18)28-12-16(3)26-17(4)13-28/h5-8,14-17,21,26H,10-13H2,1-4H3,(H2,25,30)/t16?,17?,21-/m0/s1. The first-order valence-corrected chi connectivity index (χ1v) is 11.6. The summed E-state index contributed by atoms with van der Waals surface area (Å²) < 4.78 is 4.54. The van der Waals surface area contributed by atoms with Crippen molar-refractivity contribution in [2.45, 2.75) is 52.2 Å². The predicted octanol–water partition coefficient (Wildman–Crippen LogP) is 3.23. The fourth-order valence-corrected chi connectivity index (χ4v) is 4.98. The zero-order valence-corrected chi connectivity index (χ0v) is 19.5. The number of hydrogen-bond acceptors (Lipinski definition) is 7. The third kappa shape index (κ3) is 5.54. The van der Waals surface area contributed by atoms with Crippen LogP contribution in [-0.2, 0) is 4.79 Å². The fraction of sp³-hybridized carbons (Fsp3) is 0.522. The first kappa shape index (κ1) is 23.0. The highest BCUT2D eigenvalue weighted by Gasteiger charge is 2.29. The summed E-state index contributed by atoms with van der Waals surface area (Å²) in [5.74, 6) is 0.484. The average Bonchev–Trinajstić information content (AvgIpc) is 3.19. The molecule has 2 unspecified atom stereocenters. The molecule has 0 radical (unpaired) electrons. The summed E-state index contributed by atoms with van der Waals surface area (Å²) in [6, 6.07) is 10.9. The number of piperazine rings is 1. The van der Waals surface area contributed by atoms with Crippen LogP contribution < -0.4 is 20.9 Å². The zero-order chi connectivity index (χ0) is 22.5. The molecule has 3 rings (SSSR count). The van der Waals surface area contributed by atoms with Gasteiger partial charge in [-0.3, -0.25) is 4.79 Å². The Balaban J connectivity index is 1.89. The van der Waals surface area contributed by atoms with Crippen molar-refractivity contribution in [3.63, 3.8) is 0 Å². The van der Waals surface area contributed by atoms with E-state index in [1.54, 1.807) is 4.90 Å². The highest BCUT2D eigenvalue weighted by molar-refractivity contribution is 7.04. The summed E-state index contributed by atoms with van der Waals surface area (Å²) >= 11 is 1.32. The number of aromatic nitrogens is 1. The minimum absolute atomic E-state index is 0.0612. The number of carbonyl (C=O) groups is 1. The molecule has 3 N–H and O–H groups in total. The van der Waals surface area contributed by atoms with Gasteiger partial charge in [0.25, 0.3) is 0 Å². The second-order valence-electron chi connectivity index (χ2n) is 8.81. The van der Waals surface area contributed by atoms with E-state index in [1.165, 1.54) is 17.2 Å². The Hall–Kier alpha value is -2.63. The van der Waals surface area contributed by atoms with E-state index in [1.807, 2.05) is 19.2 Å². The summed E-state index contributed by atoms with van der Waals surface area (Å²) in [6.07, 6.45) is 0.576. The highest BCUT2D eigenvalue weighted by Crippen LogP contribution is 2.34. The van der Waals surface area contributed by atoms with E-state index in [4.69, 9.17) is 5.73 Å². The molecule has 1 aliphatic heterocycles. The van der Waals surface area contributed by atoms with Crippen molar-refractivity contribution >= 4 is 28.9 Å². The van der Waals surface area contributed by atoms with Gasteiger partial charge in [0.2, 0.25) is 5.91 Å². The van der Waals surface area contributed by atoms with Crippen molar-refractivity contribution in [2.24, 2.45) is 11.7 Å². The molecule has 1 aromatic carbocycles. The van der Waals surface area contributed by atoms with Gasteiger partial charge in [-0.05, 0) is 55.4 Å². The quantitative estimate of drug-likeness (QED) is 0.612. The number of anilines is 2. The fourth-order valence-electron chi connectivity index (χ4n) is 4.28. The first-order valence-electron chi connectivity index (χ1n) is 10.8. The van der Waals surface area contributed by atoms with Crippen molar-refractivity contribution in [2.75, 3.05) is 29.4 Å². The number of carbonyl (C=O) groups excluding carboxylic acids is 1. The number of nitrogens with zero attached hydrogens (tertiary/aromatic N) is 4. The van der Waals surface area contributed by atoms with Crippen LogP contribution in [0.5, 0.6) is 0 Å². The molecule has 1 aromatic heterocycles. The molecule has 1 fully saturated rings. The Morgan fingerprint density at radius 1 is 1.32 bits per heavy atom. The largest absolute Gasteiger partial charge is 0.368 e. The number of nitriles is 1. The second-order valence-corrected chi connectivity index (χ2v) is 9.44. The summed E-state index contributed by atoms with van der Waals surface area (Å²) in [7, 11) is 0. The number of rotatable bonds is 8. The van der Waals surface area contributed by atoms with Crippen LogP contribution in [0.25, 0.3) is 11.1 Å². The average molecular weight is 441 g/mol. The van der Waals surface area contributed by atoms with E-state index in [0.717, 1.165) is 24.2 Å². The number of nitrogens with one attached hydrogen (secondary N) is 1. The lowest BCUT2D eigenvalue weighted by Crippen LogP contribution is -2.54.